The molecule has 0 aliphatic carbocycles. The van der Waals surface area contributed by atoms with E-state index in [0.29, 0.717) is 12.2 Å². The normalized spacial score (nSPS) is 13.4. The number of hydrazine groups is 1. The largest absolute Gasteiger partial charge is 0.338 e. The number of nitrogens with zero attached hydrogens (tertiary/aromatic N) is 2. The monoisotopic (exact) mass is 399 g/mol. The van der Waals surface area contributed by atoms with Crippen molar-refractivity contribution >= 4 is 27.5 Å². The van der Waals surface area contributed by atoms with Gasteiger partial charge >= 0.3 is 0 Å². The van der Waals surface area contributed by atoms with Crippen LogP contribution < -0.4 is 10.9 Å². The quantitative estimate of drug-likeness (QED) is 0.491. The summed E-state index contributed by atoms with van der Waals surface area (Å²) in [5.74, 6) is 5.57. The number of hydrogen-bond acceptors (Lipinski definition) is 2. The number of fused-ring (bicyclic) bond motifs is 2. The van der Waals surface area contributed by atoms with E-state index in [-0.39, 0.29) is 11.7 Å². The van der Waals surface area contributed by atoms with Crippen LogP contribution in [0.1, 0.15) is 21.6 Å². The molecule has 1 aliphatic heterocycles. The van der Waals surface area contributed by atoms with Gasteiger partial charge in [-0.15, -0.1) is 0 Å². The van der Waals surface area contributed by atoms with Gasteiger partial charge in [-0.25, -0.2) is 15.2 Å². The van der Waals surface area contributed by atoms with Crippen molar-refractivity contribution < 1.29 is 9.18 Å². The summed E-state index contributed by atoms with van der Waals surface area (Å²) in [4.78, 5) is 12.8. The van der Waals surface area contributed by atoms with Crippen LogP contribution in [0.3, 0.4) is 0 Å². The van der Waals surface area contributed by atoms with E-state index in [1.165, 1.54) is 17.1 Å². The SMILES string of the molecule is Cc1cc(Br)cc2c1N(N)C(=O)c1cc(-c3ccc(F)cc3)cn1C2. The molecular weight excluding hydrogens is 385 g/mol. The number of amides is 1. The Morgan fingerprint density at radius 3 is 2.56 bits per heavy atom. The number of carbonyl (C=O) groups is 1. The van der Waals surface area contributed by atoms with Gasteiger partial charge in [0, 0.05) is 22.8 Å². The first-order chi connectivity index (χ1) is 11.9. The van der Waals surface area contributed by atoms with Crippen molar-refractivity contribution in [3.05, 3.63) is 75.8 Å². The van der Waals surface area contributed by atoms with Crippen molar-refractivity contribution in [2.75, 3.05) is 5.01 Å². The van der Waals surface area contributed by atoms with E-state index in [2.05, 4.69) is 15.9 Å². The molecule has 4 nitrogen and oxygen atoms in total. The van der Waals surface area contributed by atoms with Crippen molar-refractivity contribution in [2.45, 2.75) is 13.5 Å². The number of benzene rings is 2. The van der Waals surface area contributed by atoms with Crippen molar-refractivity contribution in [3.8, 4) is 11.1 Å². The van der Waals surface area contributed by atoms with Crippen LogP contribution in [0.2, 0.25) is 0 Å². The lowest BCUT2D eigenvalue weighted by Gasteiger charge is -2.19. The molecule has 0 saturated carbocycles. The summed E-state index contributed by atoms with van der Waals surface area (Å²) < 4.78 is 16.0. The number of anilines is 1. The van der Waals surface area contributed by atoms with Gasteiger partial charge in [0.25, 0.3) is 5.91 Å². The summed E-state index contributed by atoms with van der Waals surface area (Å²) in [6.45, 7) is 2.47. The molecule has 3 aromatic rings. The second kappa shape index (κ2) is 5.82. The Kier molecular flexibility index (Phi) is 3.74. The van der Waals surface area contributed by atoms with Crippen LogP contribution in [-0.2, 0) is 6.54 Å². The molecule has 0 atom stereocenters. The molecule has 6 heteroatoms. The number of rotatable bonds is 1. The molecule has 1 aliphatic rings. The maximum Gasteiger partial charge on any atom is 0.289 e. The topological polar surface area (TPSA) is 51.3 Å². The lowest BCUT2D eigenvalue weighted by molar-refractivity contribution is 0.0980. The van der Waals surface area contributed by atoms with E-state index < -0.39 is 0 Å². The van der Waals surface area contributed by atoms with Gasteiger partial charge < -0.3 is 4.57 Å². The average Bonchev–Trinajstić information content (AvgIpc) is 2.94. The minimum absolute atomic E-state index is 0.266. The van der Waals surface area contributed by atoms with Gasteiger partial charge in [0.2, 0.25) is 0 Å². The zero-order chi connectivity index (χ0) is 17.7. The zero-order valence-corrected chi connectivity index (χ0v) is 15.0. The lowest BCUT2D eigenvalue weighted by atomic mass is 10.1. The highest BCUT2D eigenvalue weighted by atomic mass is 79.9. The van der Waals surface area contributed by atoms with E-state index in [9.17, 15) is 9.18 Å². The number of nitrogens with two attached hydrogens (primary N) is 1. The molecule has 25 heavy (non-hydrogen) atoms. The second-order valence-corrected chi connectivity index (χ2v) is 7.07. The third-order valence-electron chi connectivity index (χ3n) is 4.44. The summed E-state index contributed by atoms with van der Waals surface area (Å²) in [6, 6.07) is 11.9. The van der Waals surface area contributed by atoms with E-state index in [1.54, 1.807) is 18.2 Å². The molecule has 0 saturated heterocycles. The molecule has 0 bridgehead atoms. The van der Waals surface area contributed by atoms with Crippen LogP contribution in [0.15, 0.2) is 53.1 Å². The van der Waals surface area contributed by atoms with Gasteiger partial charge in [-0.05, 0) is 53.9 Å². The van der Waals surface area contributed by atoms with Gasteiger partial charge in [0.1, 0.15) is 11.5 Å². The Labute approximate surface area is 152 Å². The first kappa shape index (κ1) is 16.1. The standard InChI is InChI=1S/C19H15BrFN3O/c1-11-6-15(20)7-14-10-23-9-13(12-2-4-16(21)5-3-12)8-17(23)19(25)24(22)18(11)14/h2-9H,10,22H2,1H3. The maximum atomic E-state index is 13.2. The fourth-order valence-electron chi connectivity index (χ4n) is 3.30. The number of halogens is 2. The van der Waals surface area contributed by atoms with E-state index in [4.69, 9.17) is 5.84 Å². The number of aromatic nitrogens is 1. The van der Waals surface area contributed by atoms with Crippen molar-refractivity contribution in [1.29, 1.82) is 0 Å². The van der Waals surface area contributed by atoms with Crippen molar-refractivity contribution in [2.24, 2.45) is 5.84 Å². The summed E-state index contributed by atoms with van der Waals surface area (Å²) in [7, 11) is 0. The minimum atomic E-state index is -0.289. The molecule has 2 aromatic carbocycles. The van der Waals surface area contributed by atoms with Crippen LogP contribution in [0, 0.1) is 12.7 Å². The van der Waals surface area contributed by atoms with Crippen LogP contribution in [0.4, 0.5) is 10.1 Å². The number of hydrogen-bond donors (Lipinski definition) is 1. The Bertz CT molecular complexity index is 995. The third-order valence-corrected chi connectivity index (χ3v) is 4.90. The van der Waals surface area contributed by atoms with Gasteiger partial charge in [0.05, 0.1) is 5.69 Å². The Hall–Kier alpha value is -2.44. The lowest BCUT2D eigenvalue weighted by Crippen LogP contribution is -2.38. The van der Waals surface area contributed by atoms with Crippen molar-refractivity contribution in [3.63, 3.8) is 0 Å². The molecule has 0 spiro atoms. The first-order valence-electron chi connectivity index (χ1n) is 7.78. The zero-order valence-electron chi connectivity index (χ0n) is 13.5. The minimum Gasteiger partial charge on any atom is -0.338 e. The van der Waals surface area contributed by atoms with Gasteiger partial charge in [-0.2, -0.15) is 0 Å². The predicted molar refractivity (Wildman–Crippen MR) is 98.8 cm³/mol. The highest BCUT2D eigenvalue weighted by Gasteiger charge is 2.27. The van der Waals surface area contributed by atoms with Gasteiger partial charge in [0.15, 0.2) is 0 Å². The average molecular weight is 400 g/mol. The third kappa shape index (κ3) is 2.67. The number of aryl methyl sites for hydroxylation is 1. The van der Waals surface area contributed by atoms with E-state index in [0.717, 1.165) is 32.4 Å². The summed E-state index contributed by atoms with van der Waals surface area (Å²) >= 11 is 3.50. The van der Waals surface area contributed by atoms with Crippen LogP contribution in [-0.4, -0.2) is 10.5 Å². The maximum absolute atomic E-state index is 13.2. The molecule has 2 N–H and O–H groups in total. The first-order valence-corrected chi connectivity index (χ1v) is 8.57. The van der Waals surface area contributed by atoms with Crippen molar-refractivity contribution in [1.82, 2.24) is 4.57 Å². The smallest absolute Gasteiger partial charge is 0.289 e. The molecule has 0 unspecified atom stereocenters. The Morgan fingerprint density at radius 1 is 1.12 bits per heavy atom. The molecule has 4 rings (SSSR count). The molecule has 1 amide bonds. The molecule has 2 heterocycles. The molecule has 126 valence electrons. The van der Waals surface area contributed by atoms with Crippen LogP contribution in [0.25, 0.3) is 11.1 Å². The van der Waals surface area contributed by atoms with E-state index >= 15 is 0 Å². The Balaban J connectivity index is 1.85. The fraction of sp³-hybridized carbons (Fsp3) is 0.105. The molecular formula is C19H15BrFN3O. The molecule has 1 aromatic heterocycles. The van der Waals surface area contributed by atoms with Crippen LogP contribution in [0.5, 0.6) is 0 Å². The molecule has 0 fully saturated rings. The highest BCUT2D eigenvalue weighted by Crippen LogP contribution is 2.34. The molecule has 0 radical (unpaired) electrons. The predicted octanol–water partition coefficient (Wildman–Crippen LogP) is 4.25. The summed E-state index contributed by atoms with van der Waals surface area (Å²) in [5.41, 5.74) is 4.84. The highest BCUT2D eigenvalue weighted by molar-refractivity contribution is 9.10. The fourth-order valence-corrected chi connectivity index (χ4v) is 3.92. The Morgan fingerprint density at radius 2 is 1.84 bits per heavy atom. The van der Waals surface area contributed by atoms with Gasteiger partial charge in [-0.3, -0.25) is 4.79 Å². The van der Waals surface area contributed by atoms with Crippen LogP contribution >= 0.6 is 15.9 Å². The number of carbonyl (C=O) groups excluding carboxylic acids is 1. The van der Waals surface area contributed by atoms with E-state index in [1.807, 2.05) is 29.8 Å². The van der Waals surface area contributed by atoms with Gasteiger partial charge in [-0.1, -0.05) is 28.1 Å². The second-order valence-electron chi connectivity index (χ2n) is 6.15. The summed E-state index contributed by atoms with van der Waals surface area (Å²) in [6.07, 6.45) is 1.90. The summed E-state index contributed by atoms with van der Waals surface area (Å²) in [5, 5.41) is 1.21.